The molecule has 0 spiro atoms. The fourth-order valence-electron chi connectivity index (χ4n) is 0.465. The van der Waals surface area contributed by atoms with Crippen molar-refractivity contribution in [3.63, 3.8) is 0 Å². The Hall–Kier alpha value is -0.340. The van der Waals surface area contributed by atoms with Crippen LogP contribution in [-0.2, 0) is 4.74 Å². The van der Waals surface area contributed by atoms with E-state index in [1.165, 1.54) is 0 Å². The van der Waals surface area contributed by atoms with E-state index in [0.717, 1.165) is 0 Å². The summed E-state index contributed by atoms with van der Waals surface area (Å²) in [6.45, 7) is 1.65. The monoisotopic (exact) mass is 99.0 g/mol. The molecule has 0 unspecified atom stereocenters. The Morgan fingerprint density at radius 1 is 1.71 bits per heavy atom. The lowest BCUT2D eigenvalue weighted by atomic mass is 10.4. The predicted molar refractivity (Wildman–Crippen MR) is 25.4 cm³/mol. The van der Waals surface area contributed by atoms with Crippen LogP contribution in [0.3, 0.4) is 0 Å². The molecule has 0 aromatic rings. The van der Waals surface area contributed by atoms with Gasteiger partial charge in [0.05, 0.1) is 12.7 Å². The van der Waals surface area contributed by atoms with Crippen molar-refractivity contribution in [1.29, 1.82) is 0 Å². The zero-order valence-corrected chi connectivity index (χ0v) is 3.87. The summed E-state index contributed by atoms with van der Waals surface area (Å²) in [4.78, 5) is 0. The van der Waals surface area contributed by atoms with E-state index in [0.29, 0.717) is 0 Å². The van der Waals surface area contributed by atoms with E-state index in [9.17, 15) is 0 Å². The van der Waals surface area contributed by atoms with Gasteiger partial charge in [-0.2, -0.15) is 0 Å². The van der Waals surface area contributed by atoms with E-state index in [2.05, 4.69) is 0 Å². The average Bonchev–Trinajstić information content (AvgIpc) is 2.14. The van der Waals surface area contributed by atoms with Gasteiger partial charge in [-0.1, -0.05) is 12.2 Å². The second-order valence-electron chi connectivity index (χ2n) is 1.38. The van der Waals surface area contributed by atoms with Gasteiger partial charge in [-0.3, -0.25) is 0 Å². The van der Waals surface area contributed by atoms with E-state index in [1.54, 1.807) is 18.8 Å². The minimum Gasteiger partial charge on any atom is -0.393 e. The maximum atomic E-state index is 8.37. The predicted octanol–water partition coefficient (Wildman–Crippen LogP) is 0.0955. The summed E-state index contributed by atoms with van der Waals surface area (Å²) in [5, 5.41) is 8.37. The molecule has 1 aliphatic rings. The van der Waals surface area contributed by atoms with Crippen LogP contribution in [-0.4, -0.2) is 17.8 Å². The Kier molecular flexibility index (Phi) is 1.44. The molecule has 0 aromatic heterocycles. The number of aliphatic hydroxyl groups excluding tert-OH is 1. The van der Waals surface area contributed by atoms with Crippen LogP contribution in [0.4, 0.5) is 0 Å². The molecule has 0 fully saturated rings. The molecule has 0 saturated heterocycles. The van der Waals surface area contributed by atoms with E-state index in [-0.39, 0.29) is 12.7 Å². The first-order valence-corrected chi connectivity index (χ1v) is 2.20. The minimum atomic E-state index is -0.0833. The van der Waals surface area contributed by atoms with Gasteiger partial charge in [-0.25, -0.2) is 0 Å². The zero-order chi connectivity index (χ0) is 5.11. The van der Waals surface area contributed by atoms with E-state index >= 15 is 0 Å². The first kappa shape index (κ1) is 4.81. The lowest BCUT2D eigenvalue weighted by Crippen LogP contribution is -2.07. The van der Waals surface area contributed by atoms with Gasteiger partial charge in [-0.05, 0) is 0 Å². The smallest absolute Gasteiger partial charge is 0.106 e. The van der Waals surface area contributed by atoms with E-state index < -0.39 is 0 Å². The summed E-state index contributed by atoms with van der Waals surface area (Å²) in [7, 11) is 0. The van der Waals surface area contributed by atoms with Crippen molar-refractivity contribution >= 4 is 0 Å². The summed E-state index contributed by atoms with van der Waals surface area (Å²) in [6, 6.07) is 0. The molecule has 1 aliphatic heterocycles. The molecule has 7 heavy (non-hydrogen) atoms. The number of rotatable bonds is 1. The van der Waals surface area contributed by atoms with Gasteiger partial charge in [0, 0.05) is 0 Å². The van der Waals surface area contributed by atoms with Crippen molar-refractivity contribution in [2.45, 2.75) is 6.10 Å². The lowest BCUT2D eigenvalue weighted by molar-refractivity contribution is 0.105. The molecular weight excluding hydrogens is 92.1 g/mol. The van der Waals surface area contributed by atoms with Gasteiger partial charge in [-0.15, -0.1) is 0 Å². The molecule has 0 amide bonds. The second-order valence-corrected chi connectivity index (χ2v) is 1.38. The summed E-state index contributed by atoms with van der Waals surface area (Å²) < 4.78 is 4.82. The second kappa shape index (κ2) is 2.09. The molecule has 1 radical (unpaired) electrons. The topological polar surface area (TPSA) is 29.5 Å². The molecule has 0 aliphatic carbocycles. The third-order valence-corrected chi connectivity index (χ3v) is 0.838. The van der Waals surface area contributed by atoms with Crippen molar-refractivity contribution in [3.8, 4) is 0 Å². The fourth-order valence-corrected chi connectivity index (χ4v) is 0.465. The van der Waals surface area contributed by atoms with Crippen molar-refractivity contribution in [2.24, 2.45) is 0 Å². The Balaban J connectivity index is 2.28. The first-order valence-electron chi connectivity index (χ1n) is 2.20. The zero-order valence-electron chi connectivity index (χ0n) is 3.87. The van der Waals surface area contributed by atoms with Gasteiger partial charge in [0.15, 0.2) is 0 Å². The van der Waals surface area contributed by atoms with E-state index in [4.69, 9.17) is 9.84 Å². The fraction of sp³-hybridized carbons (Fsp3) is 0.400. The number of hydrogen-bond donors (Lipinski definition) is 1. The van der Waals surface area contributed by atoms with Crippen LogP contribution in [0.25, 0.3) is 0 Å². The third-order valence-electron chi connectivity index (χ3n) is 0.838. The first-order chi connectivity index (χ1) is 3.43. The highest BCUT2D eigenvalue weighted by atomic mass is 16.5. The van der Waals surface area contributed by atoms with Gasteiger partial charge in [0.25, 0.3) is 0 Å². The van der Waals surface area contributed by atoms with Crippen LogP contribution in [0.2, 0.25) is 0 Å². The van der Waals surface area contributed by atoms with Crippen LogP contribution < -0.4 is 0 Å². The number of aliphatic hydroxyl groups is 1. The normalized spacial score (nSPS) is 29.0. The van der Waals surface area contributed by atoms with Crippen molar-refractivity contribution in [1.82, 2.24) is 0 Å². The molecule has 2 nitrogen and oxygen atoms in total. The molecule has 0 bridgehead atoms. The lowest BCUT2D eigenvalue weighted by Gasteiger charge is -1.99. The summed E-state index contributed by atoms with van der Waals surface area (Å²) >= 11 is 0. The molecule has 0 saturated carbocycles. The van der Waals surface area contributed by atoms with Gasteiger partial charge < -0.3 is 9.84 Å². The summed E-state index contributed by atoms with van der Waals surface area (Å²) in [6.07, 6.45) is 3.50. The molecule has 2 heteroatoms. The molecule has 1 heterocycles. The largest absolute Gasteiger partial charge is 0.393 e. The number of hydrogen-bond acceptors (Lipinski definition) is 2. The highest BCUT2D eigenvalue weighted by molar-refractivity contribution is 5.01. The van der Waals surface area contributed by atoms with Crippen LogP contribution in [0.1, 0.15) is 0 Å². The van der Waals surface area contributed by atoms with Crippen molar-refractivity contribution in [2.75, 3.05) is 6.61 Å². The average molecular weight is 99.1 g/mol. The molecular formula is C5H7O2. The van der Waals surface area contributed by atoms with Gasteiger partial charge in [0.2, 0.25) is 0 Å². The Morgan fingerprint density at radius 3 is 2.86 bits per heavy atom. The molecule has 1 rings (SSSR count). The minimum absolute atomic E-state index is 0.0764. The summed E-state index contributed by atoms with van der Waals surface area (Å²) in [5.74, 6) is 0. The molecule has 0 aromatic carbocycles. The third kappa shape index (κ3) is 1.01. The van der Waals surface area contributed by atoms with Crippen LogP contribution >= 0.6 is 0 Å². The molecule has 39 valence electrons. The van der Waals surface area contributed by atoms with Gasteiger partial charge in [0.1, 0.15) is 6.61 Å². The SMILES string of the molecule is OC[C@@H]1C=C[CH]O1. The van der Waals surface area contributed by atoms with Gasteiger partial charge >= 0.3 is 0 Å². The Labute approximate surface area is 42.4 Å². The van der Waals surface area contributed by atoms with Crippen molar-refractivity contribution < 1.29 is 9.84 Å². The number of ether oxygens (including phenoxy) is 1. The summed E-state index contributed by atoms with van der Waals surface area (Å²) in [5.41, 5.74) is 0. The quantitative estimate of drug-likeness (QED) is 0.505. The van der Waals surface area contributed by atoms with Crippen LogP contribution in [0.15, 0.2) is 12.2 Å². The van der Waals surface area contributed by atoms with E-state index in [1.807, 2.05) is 0 Å². The highest BCUT2D eigenvalue weighted by Gasteiger charge is 2.05. The molecule has 1 N–H and O–H groups in total. The maximum absolute atomic E-state index is 8.37. The van der Waals surface area contributed by atoms with Crippen molar-refractivity contribution in [3.05, 3.63) is 18.8 Å². The van der Waals surface area contributed by atoms with Crippen LogP contribution in [0, 0.1) is 6.61 Å². The Morgan fingerprint density at radius 2 is 2.57 bits per heavy atom. The highest BCUT2D eigenvalue weighted by Crippen LogP contribution is 2.04. The van der Waals surface area contributed by atoms with Crippen LogP contribution in [0.5, 0.6) is 0 Å². The standard InChI is InChI=1S/C5H7O2/c6-4-5-2-1-3-7-5/h1-3,5-6H,4H2/t5-/m0/s1. The maximum Gasteiger partial charge on any atom is 0.106 e. The Bertz CT molecular complexity index is 78.1. The molecule has 1 atom stereocenters.